The number of aliphatic hydroxyl groups excluding tert-OH is 1. The number of rotatable bonds is 3. The van der Waals surface area contributed by atoms with Gasteiger partial charge in [-0.15, -0.1) is 0 Å². The first-order valence-corrected chi connectivity index (χ1v) is 3.67. The van der Waals surface area contributed by atoms with Crippen LogP contribution in [0, 0.1) is 5.41 Å². The van der Waals surface area contributed by atoms with Gasteiger partial charge < -0.3 is 5.11 Å². The smallest absolute Gasteiger partial charge is 0.0431 e. The Morgan fingerprint density at radius 3 is 1.90 bits per heavy atom. The van der Waals surface area contributed by atoms with Crippen LogP contribution >= 0.6 is 0 Å². The molecule has 0 rings (SSSR count). The Morgan fingerprint density at radius 2 is 1.60 bits per heavy atom. The largest absolute Gasteiger partial charge is 0.396 e. The van der Waals surface area contributed by atoms with E-state index >= 15 is 0 Å². The Morgan fingerprint density at radius 1 is 1.10 bits per heavy atom. The van der Waals surface area contributed by atoms with E-state index in [9.17, 15) is 0 Å². The van der Waals surface area contributed by atoms with Crippen LogP contribution in [0.4, 0.5) is 0 Å². The van der Waals surface area contributed by atoms with Gasteiger partial charge in [0.2, 0.25) is 0 Å². The molecule has 60 valence electrons. The van der Waals surface area contributed by atoms with Gasteiger partial charge >= 0.3 is 0 Å². The number of aliphatic hydroxyl groups is 1. The first-order valence-electron chi connectivity index (χ1n) is 3.67. The Hall–Kier alpha value is 0.674. The van der Waals surface area contributed by atoms with Crippen molar-refractivity contribution in [3.8, 4) is 0 Å². The SMILES string of the molecule is CC(C)(C)CCCCO.[Ti]. The maximum absolute atomic E-state index is 8.46. The van der Waals surface area contributed by atoms with Gasteiger partial charge in [0.1, 0.15) is 0 Å². The zero-order valence-corrected chi connectivity index (χ0v) is 8.84. The third-order valence-electron chi connectivity index (χ3n) is 1.33. The quantitative estimate of drug-likeness (QED) is 0.518. The molecule has 0 radical (unpaired) electrons. The van der Waals surface area contributed by atoms with E-state index in [-0.39, 0.29) is 21.7 Å². The predicted molar refractivity (Wildman–Crippen MR) is 40.4 cm³/mol. The molecule has 0 heterocycles. The van der Waals surface area contributed by atoms with E-state index in [1.165, 1.54) is 6.42 Å². The molecule has 0 fully saturated rings. The first kappa shape index (κ1) is 13.3. The molecule has 1 N–H and O–H groups in total. The molecule has 0 saturated carbocycles. The summed E-state index contributed by atoms with van der Waals surface area (Å²) >= 11 is 0. The van der Waals surface area contributed by atoms with E-state index < -0.39 is 0 Å². The molecule has 0 unspecified atom stereocenters. The van der Waals surface area contributed by atoms with Gasteiger partial charge in [0.25, 0.3) is 0 Å². The summed E-state index contributed by atoms with van der Waals surface area (Å²) in [7, 11) is 0. The molecular weight excluding hydrogens is 160 g/mol. The summed E-state index contributed by atoms with van der Waals surface area (Å²) in [5.41, 5.74) is 0.440. The summed E-state index contributed by atoms with van der Waals surface area (Å²) < 4.78 is 0. The van der Waals surface area contributed by atoms with Gasteiger partial charge in [-0.25, -0.2) is 0 Å². The molecule has 0 aliphatic rings. The van der Waals surface area contributed by atoms with Crippen LogP contribution in [-0.4, -0.2) is 11.7 Å². The summed E-state index contributed by atoms with van der Waals surface area (Å²) in [4.78, 5) is 0. The molecule has 0 spiro atoms. The van der Waals surface area contributed by atoms with Crippen molar-refractivity contribution >= 4 is 0 Å². The van der Waals surface area contributed by atoms with Crippen molar-refractivity contribution in [2.45, 2.75) is 40.0 Å². The molecule has 0 aromatic rings. The van der Waals surface area contributed by atoms with E-state index in [1.54, 1.807) is 0 Å². The standard InChI is InChI=1S/C8H18O.Ti/c1-8(2,3)6-4-5-7-9;/h9H,4-7H2,1-3H3;. The summed E-state index contributed by atoms with van der Waals surface area (Å²) in [5.74, 6) is 0. The molecule has 0 aliphatic carbocycles. The van der Waals surface area contributed by atoms with Crippen molar-refractivity contribution in [2.24, 2.45) is 5.41 Å². The van der Waals surface area contributed by atoms with Gasteiger partial charge in [-0.2, -0.15) is 0 Å². The third-order valence-corrected chi connectivity index (χ3v) is 1.33. The average Bonchev–Trinajstić information content (AvgIpc) is 1.63. The second kappa shape index (κ2) is 6.39. The average molecular weight is 178 g/mol. The van der Waals surface area contributed by atoms with Crippen LogP contribution < -0.4 is 0 Å². The van der Waals surface area contributed by atoms with Gasteiger partial charge in [0.15, 0.2) is 0 Å². The molecule has 0 atom stereocenters. The van der Waals surface area contributed by atoms with E-state index in [0.29, 0.717) is 12.0 Å². The Kier molecular flexibility index (Phi) is 8.48. The molecular formula is C8H18OTi. The number of unbranched alkanes of at least 4 members (excludes halogenated alkanes) is 1. The Bertz CT molecular complexity index is 66.1. The maximum atomic E-state index is 8.46. The summed E-state index contributed by atoms with van der Waals surface area (Å²) in [6.45, 7) is 7.02. The Labute approximate surface area is 79.1 Å². The minimum absolute atomic E-state index is 0. The molecule has 0 aromatic heterocycles. The van der Waals surface area contributed by atoms with Crippen LogP contribution in [-0.2, 0) is 21.7 Å². The molecule has 0 aromatic carbocycles. The van der Waals surface area contributed by atoms with Crippen molar-refractivity contribution in [3.05, 3.63) is 0 Å². The predicted octanol–water partition coefficient (Wildman–Crippen LogP) is 2.19. The number of hydrogen-bond acceptors (Lipinski definition) is 1. The van der Waals surface area contributed by atoms with Gasteiger partial charge in [-0.1, -0.05) is 27.2 Å². The molecule has 0 bridgehead atoms. The van der Waals surface area contributed by atoms with Crippen LogP contribution in [0.3, 0.4) is 0 Å². The molecule has 0 saturated heterocycles. The van der Waals surface area contributed by atoms with E-state index in [0.717, 1.165) is 12.8 Å². The van der Waals surface area contributed by atoms with Gasteiger partial charge in [0.05, 0.1) is 0 Å². The normalized spacial score (nSPS) is 10.8. The van der Waals surface area contributed by atoms with Crippen LogP contribution in [0.2, 0.25) is 0 Å². The van der Waals surface area contributed by atoms with Crippen LogP contribution in [0.1, 0.15) is 40.0 Å². The fourth-order valence-corrected chi connectivity index (χ4v) is 0.767. The van der Waals surface area contributed by atoms with Gasteiger partial charge in [0, 0.05) is 28.3 Å². The fraction of sp³-hybridized carbons (Fsp3) is 1.00. The maximum Gasteiger partial charge on any atom is 0.0431 e. The molecule has 10 heavy (non-hydrogen) atoms. The van der Waals surface area contributed by atoms with Crippen LogP contribution in [0.5, 0.6) is 0 Å². The minimum Gasteiger partial charge on any atom is -0.396 e. The summed E-state index contributed by atoms with van der Waals surface area (Å²) in [6, 6.07) is 0. The monoisotopic (exact) mass is 178 g/mol. The summed E-state index contributed by atoms with van der Waals surface area (Å²) in [5, 5.41) is 8.46. The molecule has 0 amide bonds. The zero-order valence-electron chi connectivity index (χ0n) is 7.28. The second-order valence-corrected chi connectivity index (χ2v) is 3.74. The van der Waals surface area contributed by atoms with Crippen molar-refractivity contribution in [1.29, 1.82) is 0 Å². The van der Waals surface area contributed by atoms with Crippen molar-refractivity contribution in [2.75, 3.05) is 6.61 Å². The first-order chi connectivity index (χ1) is 4.06. The number of hydrogen-bond donors (Lipinski definition) is 1. The fourth-order valence-electron chi connectivity index (χ4n) is 0.767. The molecule has 1 nitrogen and oxygen atoms in total. The van der Waals surface area contributed by atoms with E-state index in [2.05, 4.69) is 20.8 Å². The molecule has 0 aliphatic heterocycles. The third kappa shape index (κ3) is 11.5. The van der Waals surface area contributed by atoms with Crippen LogP contribution in [0.15, 0.2) is 0 Å². The van der Waals surface area contributed by atoms with Gasteiger partial charge in [-0.3, -0.25) is 0 Å². The minimum atomic E-state index is 0. The van der Waals surface area contributed by atoms with Crippen molar-refractivity contribution < 1.29 is 26.8 Å². The second-order valence-electron chi connectivity index (χ2n) is 3.74. The van der Waals surface area contributed by atoms with Crippen LogP contribution in [0.25, 0.3) is 0 Å². The van der Waals surface area contributed by atoms with E-state index in [1.807, 2.05) is 0 Å². The van der Waals surface area contributed by atoms with Crippen molar-refractivity contribution in [1.82, 2.24) is 0 Å². The molecule has 2 heteroatoms. The zero-order chi connectivity index (χ0) is 7.33. The topological polar surface area (TPSA) is 20.2 Å². The Balaban J connectivity index is 0. The summed E-state index contributed by atoms with van der Waals surface area (Å²) in [6.07, 6.45) is 3.32. The van der Waals surface area contributed by atoms with E-state index in [4.69, 9.17) is 5.11 Å². The van der Waals surface area contributed by atoms with Crippen molar-refractivity contribution in [3.63, 3.8) is 0 Å². The van der Waals surface area contributed by atoms with Gasteiger partial charge in [-0.05, 0) is 18.3 Å².